The number of benzene rings is 3. The summed E-state index contributed by atoms with van der Waals surface area (Å²) in [4.78, 5) is 43.1. The first-order valence-corrected chi connectivity index (χ1v) is 15.5. The Morgan fingerprint density at radius 1 is 1.05 bits per heavy atom. The number of nitrogens with zero attached hydrogens (tertiary/aromatic N) is 2. The van der Waals surface area contributed by atoms with Crippen molar-refractivity contribution in [2.75, 3.05) is 37.4 Å². The predicted molar refractivity (Wildman–Crippen MR) is 172 cm³/mol. The van der Waals surface area contributed by atoms with Gasteiger partial charge in [-0.1, -0.05) is 62.6 Å². The number of likely N-dealkylation sites (N-methyl/N-ethyl adjacent to an activating group) is 1. The summed E-state index contributed by atoms with van der Waals surface area (Å²) in [5, 5.41) is 20.8. The molecule has 1 fully saturated rings. The molecule has 3 atom stereocenters. The van der Waals surface area contributed by atoms with Gasteiger partial charge in [-0.2, -0.15) is 0 Å². The molecule has 10 heteroatoms. The van der Waals surface area contributed by atoms with E-state index in [2.05, 4.69) is 16.0 Å². The number of urea groups is 2. The molecule has 0 unspecified atom stereocenters. The van der Waals surface area contributed by atoms with Gasteiger partial charge in [0.05, 0.1) is 30.4 Å². The number of aliphatic hydroxyl groups is 1. The molecule has 1 aliphatic heterocycles. The summed E-state index contributed by atoms with van der Waals surface area (Å²) < 4.78 is 6.44. The third kappa shape index (κ3) is 7.24. The lowest BCUT2D eigenvalue weighted by Gasteiger charge is -2.38. The Morgan fingerprint density at radius 3 is 2.57 bits per heavy atom. The van der Waals surface area contributed by atoms with Crippen LogP contribution in [-0.4, -0.2) is 77.8 Å². The highest BCUT2D eigenvalue weighted by Gasteiger charge is 2.34. The van der Waals surface area contributed by atoms with Gasteiger partial charge >= 0.3 is 12.1 Å². The number of hydrogen-bond donors (Lipinski definition) is 4. The lowest BCUT2D eigenvalue weighted by molar-refractivity contribution is 0.0366. The molecule has 234 valence electrons. The summed E-state index contributed by atoms with van der Waals surface area (Å²) in [6, 6.07) is 17.6. The molecule has 2 aliphatic rings. The van der Waals surface area contributed by atoms with Crippen LogP contribution in [0.5, 0.6) is 5.75 Å². The lowest BCUT2D eigenvalue weighted by atomic mass is 9.96. The van der Waals surface area contributed by atoms with Crippen LogP contribution in [0.1, 0.15) is 56.3 Å². The lowest BCUT2D eigenvalue weighted by Crippen LogP contribution is -2.52. The van der Waals surface area contributed by atoms with Crippen molar-refractivity contribution < 1.29 is 24.2 Å². The van der Waals surface area contributed by atoms with Crippen molar-refractivity contribution in [2.45, 2.75) is 64.1 Å². The molecule has 1 saturated carbocycles. The van der Waals surface area contributed by atoms with Gasteiger partial charge in [-0.05, 0) is 49.4 Å². The first kappa shape index (κ1) is 31.1. The van der Waals surface area contributed by atoms with Gasteiger partial charge < -0.3 is 35.6 Å². The van der Waals surface area contributed by atoms with Gasteiger partial charge in [-0.15, -0.1) is 0 Å². The maximum atomic E-state index is 13.8. The van der Waals surface area contributed by atoms with E-state index < -0.39 is 18.2 Å². The Hall–Kier alpha value is -4.31. The summed E-state index contributed by atoms with van der Waals surface area (Å²) in [6.07, 6.45) is 5.05. The van der Waals surface area contributed by atoms with E-state index in [-0.39, 0.29) is 36.1 Å². The van der Waals surface area contributed by atoms with Crippen molar-refractivity contribution in [3.05, 3.63) is 66.2 Å². The van der Waals surface area contributed by atoms with Gasteiger partial charge in [0.15, 0.2) is 0 Å². The van der Waals surface area contributed by atoms with E-state index in [0.717, 1.165) is 36.5 Å². The molecule has 5 rings (SSSR count). The van der Waals surface area contributed by atoms with Crippen molar-refractivity contribution >= 4 is 40.1 Å². The van der Waals surface area contributed by atoms with E-state index in [4.69, 9.17) is 4.74 Å². The van der Waals surface area contributed by atoms with E-state index in [1.54, 1.807) is 42.0 Å². The molecule has 3 aromatic carbocycles. The van der Waals surface area contributed by atoms with Crippen LogP contribution in [0, 0.1) is 5.92 Å². The number of rotatable bonds is 7. The zero-order chi connectivity index (χ0) is 31.2. The smallest absolute Gasteiger partial charge is 0.323 e. The molecule has 5 amide bonds. The molecular formula is C34H43N5O5. The molecule has 44 heavy (non-hydrogen) atoms. The van der Waals surface area contributed by atoms with Crippen LogP contribution < -0.4 is 20.7 Å². The number of aliphatic hydroxyl groups excluding tert-OH is 1. The zero-order valence-corrected chi connectivity index (χ0v) is 25.7. The molecular weight excluding hydrogens is 558 g/mol. The van der Waals surface area contributed by atoms with Crippen LogP contribution >= 0.6 is 0 Å². The fraction of sp³-hybridized carbons (Fsp3) is 0.441. The quantitative estimate of drug-likeness (QED) is 0.278. The predicted octanol–water partition coefficient (Wildman–Crippen LogP) is 5.68. The van der Waals surface area contributed by atoms with E-state index in [1.807, 2.05) is 49.4 Å². The average Bonchev–Trinajstić information content (AvgIpc) is 3.03. The standard InChI is InChI=1S/C34H43N5O5/c1-22-19-39(23(2)21-40)32(41)28-18-26(35-33(42)37-29-15-9-11-24-10-7-8-14-27(24)29)16-17-30(28)44-31(22)20-38(3)34(43)36-25-12-5-4-6-13-25/h7-11,14-18,22-23,25,31,40H,4-6,12-13,19-21H2,1-3H3,(H,36,43)(H2,35,37,42)/t22-,23-,31+/m0/s1. The highest BCUT2D eigenvalue weighted by atomic mass is 16.5. The summed E-state index contributed by atoms with van der Waals surface area (Å²) in [5.74, 6) is -0.0635. The first-order chi connectivity index (χ1) is 21.2. The molecule has 10 nitrogen and oxygen atoms in total. The third-order valence-electron chi connectivity index (χ3n) is 8.69. The molecule has 0 aromatic heterocycles. The van der Waals surface area contributed by atoms with Crippen molar-refractivity contribution in [2.24, 2.45) is 5.92 Å². The van der Waals surface area contributed by atoms with E-state index >= 15 is 0 Å². The molecule has 3 aromatic rings. The van der Waals surface area contributed by atoms with Gasteiger partial charge in [0.25, 0.3) is 5.91 Å². The highest BCUT2D eigenvalue weighted by Crippen LogP contribution is 2.31. The monoisotopic (exact) mass is 601 g/mol. The van der Waals surface area contributed by atoms with Crippen LogP contribution in [0.3, 0.4) is 0 Å². The Labute approximate surface area is 258 Å². The van der Waals surface area contributed by atoms with Crippen LogP contribution in [-0.2, 0) is 0 Å². The number of fused-ring (bicyclic) bond motifs is 2. The Balaban J connectivity index is 1.34. The van der Waals surface area contributed by atoms with E-state index in [1.165, 1.54) is 6.42 Å². The number of carbonyl (C=O) groups is 3. The summed E-state index contributed by atoms with van der Waals surface area (Å²) in [6.45, 7) is 4.24. The van der Waals surface area contributed by atoms with Crippen molar-refractivity contribution in [1.29, 1.82) is 0 Å². The van der Waals surface area contributed by atoms with Gasteiger partial charge in [0, 0.05) is 36.6 Å². The molecule has 0 bridgehead atoms. The van der Waals surface area contributed by atoms with Gasteiger partial charge in [-0.25, -0.2) is 9.59 Å². The summed E-state index contributed by atoms with van der Waals surface area (Å²) >= 11 is 0. The number of amides is 5. The Kier molecular flexibility index (Phi) is 9.89. The number of carbonyl (C=O) groups excluding carboxylic acids is 3. The van der Waals surface area contributed by atoms with Crippen LogP contribution in [0.4, 0.5) is 21.0 Å². The maximum Gasteiger partial charge on any atom is 0.323 e. The fourth-order valence-electron chi connectivity index (χ4n) is 6.02. The normalized spacial score (nSPS) is 19.6. The van der Waals surface area contributed by atoms with Crippen molar-refractivity contribution in [1.82, 2.24) is 15.1 Å². The van der Waals surface area contributed by atoms with Gasteiger partial charge in [0.1, 0.15) is 11.9 Å². The highest BCUT2D eigenvalue weighted by molar-refractivity contribution is 6.07. The Bertz CT molecular complexity index is 1480. The van der Waals surface area contributed by atoms with Crippen LogP contribution in [0.15, 0.2) is 60.7 Å². The Morgan fingerprint density at radius 2 is 1.80 bits per heavy atom. The average molecular weight is 602 g/mol. The fourth-order valence-corrected chi connectivity index (χ4v) is 6.02. The van der Waals surface area contributed by atoms with Crippen molar-refractivity contribution in [3.8, 4) is 5.75 Å². The number of hydrogen-bond acceptors (Lipinski definition) is 5. The number of nitrogens with one attached hydrogen (secondary N) is 3. The molecule has 0 spiro atoms. The van der Waals surface area contributed by atoms with Crippen molar-refractivity contribution in [3.63, 3.8) is 0 Å². The minimum Gasteiger partial charge on any atom is -0.487 e. The number of anilines is 2. The second kappa shape index (κ2) is 14.0. The minimum atomic E-state index is -0.446. The number of ether oxygens (including phenoxy) is 1. The zero-order valence-electron chi connectivity index (χ0n) is 25.7. The molecule has 1 heterocycles. The molecule has 1 aliphatic carbocycles. The summed E-state index contributed by atoms with van der Waals surface area (Å²) in [5.41, 5.74) is 1.37. The SMILES string of the molecule is C[C@H]1CN([C@@H](C)CO)C(=O)c2cc(NC(=O)Nc3cccc4ccccc34)ccc2O[C@@H]1CN(C)C(=O)NC1CCCCC1. The minimum absolute atomic E-state index is 0.129. The van der Waals surface area contributed by atoms with E-state index in [9.17, 15) is 19.5 Å². The van der Waals surface area contributed by atoms with Crippen LogP contribution in [0.2, 0.25) is 0 Å². The van der Waals surface area contributed by atoms with E-state index in [0.29, 0.717) is 30.2 Å². The topological polar surface area (TPSA) is 123 Å². The second-order valence-electron chi connectivity index (χ2n) is 12.1. The largest absolute Gasteiger partial charge is 0.487 e. The van der Waals surface area contributed by atoms with Crippen LogP contribution in [0.25, 0.3) is 10.8 Å². The molecule has 0 radical (unpaired) electrons. The first-order valence-electron chi connectivity index (χ1n) is 15.5. The molecule has 0 saturated heterocycles. The summed E-state index contributed by atoms with van der Waals surface area (Å²) in [7, 11) is 1.76. The second-order valence-corrected chi connectivity index (χ2v) is 12.1. The molecule has 4 N–H and O–H groups in total. The third-order valence-corrected chi connectivity index (χ3v) is 8.69. The van der Waals surface area contributed by atoms with Gasteiger partial charge in [-0.3, -0.25) is 4.79 Å². The maximum absolute atomic E-state index is 13.8. The van der Waals surface area contributed by atoms with Gasteiger partial charge in [0.2, 0.25) is 0 Å².